The van der Waals surface area contributed by atoms with E-state index in [0.29, 0.717) is 6.42 Å². The Balaban J connectivity index is 1.81. The summed E-state index contributed by atoms with van der Waals surface area (Å²) in [5.74, 6) is 0. The van der Waals surface area contributed by atoms with E-state index in [2.05, 4.69) is 37.3 Å². The van der Waals surface area contributed by atoms with E-state index in [9.17, 15) is 10.2 Å². The van der Waals surface area contributed by atoms with Crippen LogP contribution in [0.4, 0.5) is 0 Å². The minimum Gasteiger partial charge on any atom is -0.395 e. The van der Waals surface area contributed by atoms with E-state index in [0.717, 1.165) is 23.4 Å². The molecule has 2 aromatic carbocycles. The van der Waals surface area contributed by atoms with Crippen LogP contribution in [0, 0.1) is 6.92 Å². The fourth-order valence-corrected chi connectivity index (χ4v) is 4.88. The lowest BCUT2D eigenvalue weighted by Crippen LogP contribution is -2.26. The summed E-state index contributed by atoms with van der Waals surface area (Å²) in [5, 5.41) is 20.6. The first-order valence-electron chi connectivity index (χ1n) is 8.33. The number of hydrogen-bond donors (Lipinski definition) is 2. The van der Waals surface area contributed by atoms with Crippen LogP contribution >= 0.6 is 23.4 Å². The summed E-state index contributed by atoms with van der Waals surface area (Å²) in [6.45, 7) is 2.20. The first kappa shape index (κ1) is 17.8. The monoisotopic (exact) mass is 362 g/mol. The highest BCUT2D eigenvalue weighted by molar-refractivity contribution is 8.00. The molecular formula is C20H23ClO2S. The second-order valence-electron chi connectivity index (χ2n) is 6.57. The van der Waals surface area contributed by atoms with Gasteiger partial charge in [-0.2, -0.15) is 0 Å². The zero-order chi connectivity index (χ0) is 17.1. The highest BCUT2D eigenvalue weighted by Crippen LogP contribution is 2.43. The lowest BCUT2D eigenvalue weighted by atomic mass is 9.97. The molecule has 0 aliphatic carbocycles. The predicted octanol–water partition coefficient (Wildman–Crippen LogP) is 4.53. The third-order valence-corrected chi connectivity index (χ3v) is 6.43. The number of aryl methyl sites for hydroxylation is 1. The molecule has 0 amide bonds. The lowest BCUT2D eigenvalue weighted by molar-refractivity contribution is 0.137. The number of aliphatic hydroxyl groups is 2. The maximum absolute atomic E-state index is 10.1. The Morgan fingerprint density at radius 2 is 1.88 bits per heavy atom. The van der Waals surface area contributed by atoms with E-state index in [1.54, 1.807) is 11.8 Å². The normalized spacial score (nSPS) is 24.1. The third kappa shape index (κ3) is 4.34. The van der Waals surface area contributed by atoms with Gasteiger partial charge in [0.1, 0.15) is 0 Å². The summed E-state index contributed by atoms with van der Waals surface area (Å²) in [5.41, 5.74) is 4.79. The fraction of sp³-hybridized carbons (Fsp3) is 0.400. The van der Waals surface area contributed by atoms with Gasteiger partial charge in [-0.05, 0) is 48.9 Å². The Morgan fingerprint density at radius 3 is 2.58 bits per heavy atom. The molecule has 0 spiro atoms. The van der Waals surface area contributed by atoms with Crippen LogP contribution in [-0.4, -0.2) is 28.2 Å². The number of hydrogen-bond acceptors (Lipinski definition) is 3. The molecule has 0 radical (unpaired) electrons. The van der Waals surface area contributed by atoms with Gasteiger partial charge in [-0.25, -0.2) is 0 Å². The van der Waals surface area contributed by atoms with Crippen molar-refractivity contribution in [3.05, 3.63) is 69.7 Å². The van der Waals surface area contributed by atoms with Crippen LogP contribution in [0.1, 0.15) is 40.3 Å². The number of benzene rings is 2. The van der Waals surface area contributed by atoms with Gasteiger partial charge in [0.05, 0.1) is 12.7 Å². The van der Waals surface area contributed by atoms with Crippen LogP contribution in [-0.2, 0) is 6.42 Å². The van der Waals surface area contributed by atoms with E-state index >= 15 is 0 Å². The maximum Gasteiger partial charge on any atom is 0.0565 e. The summed E-state index contributed by atoms with van der Waals surface area (Å²) < 4.78 is 0. The Morgan fingerprint density at radius 1 is 1.12 bits per heavy atom. The van der Waals surface area contributed by atoms with Gasteiger partial charge < -0.3 is 10.2 Å². The van der Waals surface area contributed by atoms with Gasteiger partial charge in [0, 0.05) is 15.5 Å². The molecule has 128 valence electrons. The van der Waals surface area contributed by atoms with E-state index in [1.165, 1.54) is 16.7 Å². The van der Waals surface area contributed by atoms with Gasteiger partial charge in [-0.1, -0.05) is 53.6 Å². The molecule has 24 heavy (non-hydrogen) atoms. The molecule has 1 saturated heterocycles. The second kappa shape index (κ2) is 7.92. The molecule has 3 rings (SSSR count). The second-order valence-corrected chi connectivity index (χ2v) is 8.48. The van der Waals surface area contributed by atoms with Gasteiger partial charge in [0.2, 0.25) is 0 Å². The molecule has 4 heteroatoms. The first-order valence-corrected chi connectivity index (χ1v) is 9.65. The Kier molecular flexibility index (Phi) is 5.88. The molecule has 1 fully saturated rings. The van der Waals surface area contributed by atoms with Gasteiger partial charge in [-0.15, -0.1) is 11.8 Å². The molecule has 0 bridgehead atoms. The van der Waals surface area contributed by atoms with E-state index in [-0.39, 0.29) is 23.2 Å². The Bertz CT molecular complexity index is 687. The van der Waals surface area contributed by atoms with E-state index in [4.69, 9.17) is 11.6 Å². The van der Waals surface area contributed by atoms with Crippen LogP contribution in [0.25, 0.3) is 0 Å². The quantitative estimate of drug-likeness (QED) is 0.839. The molecule has 2 N–H and O–H groups in total. The SMILES string of the molecule is Cc1ccc(Cc2cc(C3CC(O)CC(CO)S3)ccc2Cl)cc1. The minimum absolute atomic E-state index is 0.106. The van der Waals surface area contributed by atoms with Gasteiger partial charge in [-0.3, -0.25) is 0 Å². The molecule has 2 aromatic rings. The largest absolute Gasteiger partial charge is 0.395 e. The fourth-order valence-electron chi connectivity index (χ4n) is 3.18. The van der Waals surface area contributed by atoms with Crippen molar-refractivity contribution in [3.63, 3.8) is 0 Å². The topological polar surface area (TPSA) is 40.5 Å². The molecule has 1 aliphatic heterocycles. The zero-order valence-electron chi connectivity index (χ0n) is 13.8. The maximum atomic E-state index is 10.1. The summed E-state index contributed by atoms with van der Waals surface area (Å²) in [7, 11) is 0. The summed E-state index contributed by atoms with van der Waals surface area (Å²) >= 11 is 8.16. The minimum atomic E-state index is -0.343. The predicted molar refractivity (Wildman–Crippen MR) is 102 cm³/mol. The van der Waals surface area contributed by atoms with Crippen LogP contribution < -0.4 is 0 Å². The molecule has 0 aromatic heterocycles. The molecule has 3 unspecified atom stereocenters. The first-order chi connectivity index (χ1) is 11.5. The third-order valence-electron chi connectivity index (χ3n) is 4.54. The van der Waals surface area contributed by atoms with E-state index in [1.807, 2.05) is 12.1 Å². The number of rotatable bonds is 4. The van der Waals surface area contributed by atoms with Crippen molar-refractivity contribution in [2.24, 2.45) is 0 Å². The highest BCUT2D eigenvalue weighted by Gasteiger charge is 2.29. The van der Waals surface area contributed by atoms with Crippen molar-refractivity contribution in [1.82, 2.24) is 0 Å². The van der Waals surface area contributed by atoms with E-state index < -0.39 is 0 Å². The van der Waals surface area contributed by atoms with Crippen LogP contribution in [0.3, 0.4) is 0 Å². The average molecular weight is 363 g/mol. The summed E-state index contributed by atoms with van der Waals surface area (Å²) in [6.07, 6.45) is 1.86. The molecule has 0 saturated carbocycles. The van der Waals surface area contributed by atoms with Crippen molar-refractivity contribution in [1.29, 1.82) is 0 Å². The standard InChI is InChI=1S/C20H23ClO2S/c1-13-2-4-14(5-3-13)8-16-9-15(6-7-19(16)21)20-11-17(23)10-18(12-22)24-20/h2-7,9,17-18,20,22-23H,8,10-12H2,1H3. The van der Waals surface area contributed by atoms with Crippen molar-refractivity contribution in [2.75, 3.05) is 6.61 Å². The lowest BCUT2D eigenvalue weighted by Gasteiger charge is -2.31. The molecule has 1 heterocycles. The van der Waals surface area contributed by atoms with Crippen LogP contribution in [0.2, 0.25) is 5.02 Å². The smallest absolute Gasteiger partial charge is 0.0565 e. The number of thioether (sulfide) groups is 1. The highest BCUT2D eigenvalue weighted by atomic mass is 35.5. The average Bonchev–Trinajstić information content (AvgIpc) is 2.58. The van der Waals surface area contributed by atoms with Gasteiger partial charge in [0.15, 0.2) is 0 Å². The van der Waals surface area contributed by atoms with Gasteiger partial charge in [0.25, 0.3) is 0 Å². The summed E-state index contributed by atoms with van der Waals surface area (Å²) in [4.78, 5) is 0. The van der Waals surface area contributed by atoms with Crippen molar-refractivity contribution >= 4 is 23.4 Å². The van der Waals surface area contributed by atoms with Crippen LogP contribution in [0.15, 0.2) is 42.5 Å². The molecular weight excluding hydrogens is 340 g/mol. The summed E-state index contributed by atoms with van der Waals surface area (Å²) in [6, 6.07) is 14.7. The molecule has 3 atom stereocenters. The molecule has 2 nitrogen and oxygen atoms in total. The van der Waals surface area contributed by atoms with Gasteiger partial charge >= 0.3 is 0 Å². The Labute approximate surface area is 152 Å². The Hall–Kier alpha value is -1.00. The molecule has 1 aliphatic rings. The number of aliphatic hydroxyl groups excluding tert-OH is 2. The van der Waals surface area contributed by atoms with Crippen molar-refractivity contribution in [3.8, 4) is 0 Å². The number of halogens is 1. The van der Waals surface area contributed by atoms with Crippen molar-refractivity contribution in [2.45, 2.75) is 42.8 Å². The van der Waals surface area contributed by atoms with Crippen molar-refractivity contribution < 1.29 is 10.2 Å². The zero-order valence-corrected chi connectivity index (χ0v) is 15.4. The van der Waals surface area contributed by atoms with Crippen LogP contribution in [0.5, 0.6) is 0 Å².